The molecule has 0 spiro atoms. The smallest absolute Gasteiger partial charge is 0.305 e. The first-order valence-electron chi connectivity index (χ1n) is 7.60. The third-order valence-electron chi connectivity index (χ3n) is 4.08. The van der Waals surface area contributed by atoms with E-state index < -0.39 is 5.91 Å². The number of carbonyl (C=O) groups excluding carboxylic acids is 1. The highest BCUT2D eigenvalue weighted by molar-refractivity contribution is 7.80. The van der Waals surface area contributed by atoms with Crippen molar-refractivity contribution in [3.05, 3.63) is 35.3 Å². The SMILES string of the molecule is Cc1c(C(=O)NNC(=S)NC2CCCC2)oc2ccc(F)cc12. The van der Waals surface area contributed by atoms with Crippen LogP contribution in [0.2, 0.25) is 0 Å². The molecule has 1 saturated carbocycles. The maximum absolute atomic E-state index is 13.3. The van der Waals surface area contributed by atoms with Crippen LogP contribution in [0.3, 0.4) is 0 Å². The summed E-state index contributed by atoms with van der Waals surface area (Å²) in [5, 5.41) is 4.12. The second-order valence-corrected chi connectivity index (χ2v) is 6.14. The summed E-state index contributed by atoms with van der Waals surface area (Å²) in [6.07, 6.45) is 4.57. The molecule has 0 atom stereocenters. The van der Waals surface area contributed by atoms with Gasteiger partial charge in [0.15, 0.2) is 10.9 Å². The fourth-order valence-electron chi connectivity index (χ4n) is 2.87. The first kappa shape index (κ1) is 15.7. The number of hydrogen-bond acceptors (Lipinski definition) is 3. The molecule has 122 valence electrons. The van der Waals surface area contributed by atoms with Crippen LogP contribution in [0.5, 0.6) is 0 Å². The minimum absolute atomic E-state index is 0.141. The predicted octanol–water partition coefficient (Wildman–Crippen LogP) is 2.93. The van der Waals surface area contributed by atoms with Gasteiger partial charge in [-0.2, -0.15) is 0 Å². The lowest BCUT2D eigenvalue weighted by atomic mass is 10.1. The number of nitrogens with one attached hydrogen (secondary N) is 3. The molecule has 3 rings (SSSR count). The number of carbonyl (C=O) groups is 1. The zero-order chi connectivity index (χ0) is 16.4. The number of hydrogen-bond donors (Lipinski definition) is 3. The van der Waals surface area contributed by atoms with E-state index in [1.54, 1.807) is 6.92 Å². The fourth-order valence-corrected chi connectivity index (χ4v) is 3.09. The van der Waals surface area contributed by atoms with Gasteiger partial charge in [0.25, 0.3) is 0 Å². The van der Waals surface area contributed by atoms with Crippen molar-refractivity contribution in [2.75, 3.05) is 0 Å². The number of benzene rings is 1. The number of hydrazine groups is 1. The summed E-state index contributed by atoms with van der Waals surface area (Å²) in [4.78, 5) is 12.2. The predicted molar refractivity (Wildman–Crippen MR) is 89.5 cm³/mol. The summed E-state index contributed by atoms with van der Waals surface area (Å²) in [7, 11) is 0. The summed E-state index contributed by atoms with van der Waals surface area (Å²) < 4.78 is 18.8. The van der Waals surface area contributed by atoms with Gasteiger partial charge in [0.1, 0.15) is 11.4 Å². The van der Waals surface area contributed by atoms with E-state index in [0.29, 0.717) is 27.7 Å². The molecule has 1 amide bonds. The number of fused-ring (bicyclic) bond motifs is 1. The van der Waals surface area contributed by atoms with E-state index in [1.807, 2.05) is 0 Å². The highest BCUT2D eigenvalue weighted by Crippen LogP contribution is 2.25. The second-order valence-electron chi connectivity index (χ2n) is 5.73. The van der Waals surface area contributed by atoms with Gasteiger partial charge in [0.05, 0.1) is 0 Å². The van der Waals surface area contributed by atoms with Crippen LogP contribution in [-0.2, 0) is 0 Å². The normalized spacial score (nSPS) is 14.9. The third-order valence-corrected chi connectivity index (χ3v) is 4.30. The summed E-state index contributed by atoms with van der Waals surface area (Å²) in [5.74, 6) is -0.676. The zero-order valence-electron chi connectivity index (χ0n) is 12.7. The molecule has 1 aromatic heterocycles. The Hall–Kier alpha value is -2.15. The van der Waals surface area contributed by atoms with Crippen molar-refractivity contribution in [2.45, 2.75) is 38.6 Å². The van der Waals surface area contributed by atoms with Crippen LogP contribution in [0.1, 0.15) is 41.8 Å². The van der Waals surface area contributed by atoms with E-state index in [4.69, 9.17) is 16.6 Å². The Morgan fingerprint density at radius 1 is 1.30 bits per heavy atom. The largest absolute Gasteiger partial charge is 0.451 e. The zero-order valence-corrected chi connectivity index (χ0v) is 13.6. The van der Waals surface area contributed by atoms with Crippen molar-refractivity contribution in [3.63, 3.8) is 0 Å². The minimum atomic E-state index is -0.449. The molecule has 7 heteroatoms. The van der Waals surface area contributed by atoms with Gasteiger partial charge in [-0.3, -0.25) is 15.6 Å². The van der Waals surface area contributed by atoms with Gasteiger partial charge < -0.3 is 9.73 Å². The summed E-state index contributed by atoms with van der Waals surface area (Å²) in [5.41, 5.74) is 6.25. The fraction of sp³-hybridized carbons (Fsp3) is 0.375. The number of aryl methyl sites for hydroxylation is 1. The number of amides is 1. The maximum atomic E-state index is 13.3. The van der Waals surface area contributed by atoms with E-state index in [-0.39, 0.29) is 11.6 Å². The van der Waals surface area contributed by atoms with Crippen LogP contribution < -0.4 is 16.2 Å². The van der Waals surface area contributed by atoms with Gasteiger partial charge in [0.2, 0.25) is 0 Å². The summed E-state index contributed by atoms with van der Waals surface area (Å²) >= 11 is 5.16. The molecule has 3 N–H and O–H groups in total. The van der Waals surface area contributed by atoms with Crippen LogP contribution in [0, 0.1) is 12.7 Å². The average molecular weight is 335 g/mol. The van der Waals surface area contributed by atoms with Crippen molar-refractivity contribution in [2.24, 2.45) is 0 Å². The lowest BCUT2D eigenvalue weighted by Crippen LogP contribution is -2.49. The van der Waals surface area contributed by atoms with Gasteiger partial charge in [-0.05, 0) is 50.2 Å². The number of thiocarbonyl (C=S) groups is 1. The van der Waals surface area contributed by atoms with Crippen LogP contribution in [0.15, 0.2) is 22.6 Å². The summed E-state index contributed by atoms with van der Waals surface area (Å²) in [6, 6.07) is 4.52. The Morgan fingerprint density at radius 3 is 2.78 bits per heavy atom. The van der Waals surface area contributed by atoms with Crippen LogP contribution in [0.4, 0.5) is 4.39 Å². The lowest BCUT2D eigenvalue weighted by Gasteiger charge is -2.15. The molecule has 1 aromatic carbocycles. The number of furan rings is 1. The molecule has 5 nitrogen and oxygen atoms in total. The van der Waals surface area contributed by atoms with Gasteiger partial charge in [0, 0.05) is 17.0 Å². The topological polar surface area (TPSA) is 66.3 Å². The molecule has 0 aliphatic heterocycles. The van der Waals surface area contributed by atoms with Crippen LogP contribution in [-0.4, -0.2) is 17.1 Å². The Bertz CT molecular complexity index is 753. The Labute approximate surface area is 138 Å². The molecule has 0 radical (unpaired) electrons. The molecule has 1 fully saturated rings. The molecule has 0 unspecified atom stereocenters. The second kappa shape index (κ2) is 6.54. The Balaban J connectivity index is 1.64. The van der Waals surface area contributed by atoms with Crippen molar-refractivity contribution < 1.29 is 13.6 Å². The molecule has 2 aromatic rings. The van der Waals surface area contributed by atoms with Gasteiger partial charge in [-0.1, -0.05) is 12.8 Å². The van der Waals surface area contributed by atoms with E-state index in [2.05, 4.69) is 16.2 Å². The molecule has 0 bridgehead atoms. The third kappa shape index (κ3) is 3.44. The van der Waals surface area contributed by atoms with Crippen molar-refractivity contribution in [1.82, 2.24) is 16.2 Å². The Kier molecular flexibility index (Phi) is 4.47. The van der Waals surface area contributed by atoms with Gasteiger partial charge in [-0.25, -0.2) is 4.39 Å². The first-order chi connectivity index (χ1) is 11.0. The lowest BCUT2D eigenvalue weighted by molar-refractivity contribution is 0.0917. The maximum Gasteiger partial charge on any atom is 0.305 e. The van der Waals surface area contributed by atoms with E-state index in [9.17, 15) is 9.18 Å². The van der Waals surface area contributed by atoms with E-state index in [1.165, 1.54) is 31.0 Å². The van der Waals surface area contributed by atoms with Crippen molar-refractivity contribution in [1.29, 1.82) is 0 Å². The number of halogens is 1. The molecule has 0 saturated heterocycles. The molecule has 1 aliphatic rings. The monoisotopic (exact) mass is 335 g/mol. The summed E-state index contributed by atoms with van der Waals surface area (Å²) in [6.45, 7) is 1.72. The molecule has 1 heterocycles. The van der Waals surface area contributed by atoms with Gasteiger partial charge in [-0.15, -0.1) is 0 Å². The average Bonchev–Trinajstić information content (AvgIpc) is 3.14. The minimum Gasteiger partial charge on any atom is -0.451 e. The highest BCUT2D eigenvalue weighted by Gasteiger charge is 2.19. The van der Waals surface area contributed by atoms with Crippen LogP contribution in [0.25, 0.3) is 11.0 Å². The molecular formula is C16H18FN3O2S. The highest BCUT2D eigenvalue weighted by atomic mass is 32.1. The molecular weight excluding hydrogens is 317 g/mol. The standard InChI is InChI=1S/C16H18FN3O2S/c1-9-12-8-10(17)6-7-13(12)22-14(9)15(21)19-20-16(23)18-11-4-2-3-5-11/h6-8,11H,2-5H2,1H3,(H,19,21)(H2,18,20,23). The van der Waals surface area contributed by atoms with E-state index in [0.717, 1.165) is 12.8 Å². The molecule has 23 heavy (non-hydrogen) atoms. The Morgan fingerprint density at radius 2 is 2.04 bits per heavy atom. The molecule has 1 aliphatic carbocycles. The van der Waals surface area contributed by atoms with Crippen LogP contribution >= 0.6 is 12.2 Å². The van der Waals surface area contributed by atoms with Gasteiger partial charge >= 0.3 is 5.91 Å². The number of rotatable bonds is 2. The van der Waals surface area contributed by atoms with Crippen molar-refractivity contribution in [3.8, 4) is 0 Å². The van der Waals surface area contributed by atoms with Crippen molar-refractivity contribution >= 4 is 34.2 Å². The quantitative estimate of drug-likeness (QED) is 0.582. The van der Waals surface area contributed by atoms with E-state index >= 15 is 0 Å². The first-order valence-corrected chi connectivity index (χ1v) is 8.01.